The second kappa shape index (κ2) is 7.98. The van der Waals surface area contributed by atoms with E-state index >= 15 is 0 Å². The molecular formula is C14H13Cl2IN4O2. The van der Waals surface area contributed by atoms with Gasteiger partial charge in [-0.25, -0.2) is 4.79 Å². The molecule has 2 aromatic rings. The Morgan fingerprint density at radius 1 is 1.48 bits per heavy atom. The Morgan fingerprint density at radius 3 is 2.83 bits per heavy atom. The van der Waals surface area contributed by atoms with Gasteiger partial charge in [0.15, 0.2) is 5.84 Å². The quantitative estimate of drug-likeness (QED) is 0.241. The molecule has 0 saturated carbocycles. The van der Waals surface area contributed by atoms with Crippen LogP contribution in [0.3, 0.4) is 0 Å². The Balaban J connectivity index is 1.93. The van der Waals surface area contributed by atoms with Gasteiger partial charge >= 0.3 is 5.97 Å². The fourth-order valence-corrected chi connectivity index (χ4v) is 2.65. The molecule has 1 aromatic carbocycles. The number of hydrogen-bond acceptors (Lipinski definition) is 4. The lowest BCUT2D eigenvalue weighted by Crippen LogP contribution is -2.16. The number of aromatic nitrogens is 2. The van der Waals surface area contributed by atoms with Crippen molar-refractivity contribution >= 4 is 57.6 Å². The Bertz CT molecular complexity index is 761. The maximum atomic E-state index is 11.7. The number of nitrogens with zero attached hydrogens (tertiary/aromatic N) is 3. The molecule has 1 heterocycles. The SMILES string of the molecule is Cc1c(I)cnn1CCC(=O)O/N=C(\N)c1ccc(Cl)cc1Cl. The summed E-state index contributed by atoms with van der Waals surface area (Å²) in [6, 6.07) is 4.76. The minimum atomic E-state index is -0.511. The smallest absolute Gasteiger partial charge is 0.336 e. The van der Waals surface area contributed by atoms with Crippen molar-refractivity contribution < 1.29 is 9.63 Å². The van der Waals surface area contributed by atoms with Crippen LogP contribution in [-0.2, 0) is 16.2 Å². The van der Waals surface area contributed by atoms with Crippen molar-refractivity contribution in [3.63, 3.8) is 0 Å². The van der Waals surface area contributed by atoms with Crippen molar-refractivity contribution in [2.45, 2.75) is 19.9 Å². The average Bonchev–Trinajstić information content (AvgIpc) is 2.82. The molecule has 0 spiro atoms. The molecule has 0 radical (unpaired) electrons. The van der Waals surface area contributed by atoms with E-state index in [4.69, 9.17) is 33.8 Å². The fourth-order valence-electron chi connectivity index (χ4n) is 1.74. The van der Waals surface area contributed by atoms with Crippen LogP contribution in [0.15, 0.2) is 29.6 Å². The van der Waals surface area contributed by atoms with Crippen LogP contribution in [0.2, 0.25) is 10.0 Å². The van der Waals surface area contributed by atoms with E-state index in [9.17, 15) is 4.79 Å². The molecule has 0 aliphatic rings. The number of halogens is 3. The molecule has 0 bridgehead atoms. The van der Waals surface area contributed by atoms with Crippen LogP contribution in [-0.4, -0.2) is 21.6 Å². The number of amidine groups is 1. The zero-order valence-corrected chi connectivity index (χ0v) is 15.8. The van der Waals surface area contributed by atoms with Crippen LogP contribution in [0.5, 0.6) is 0 Å². The van der Waals surface area contributed by atoms with Crippen molar-refractivity contribution in [1.29, 1.82) is 0 Å². The number of benzene rings is 1. The summed E-state index contributed by atoms with van der Waals surface area (Å²) in [6.07, 6.45) is 1.86. The fraction of sp³-hybridized carbons (Fsp3) is 0.214. The maximum absolute atomic E-state index is 11.7. The summed E-state index contributed by atoms with van der Waals surface area (Å²) >= 11 is 14.0. The lowest BCUT2D eigenvalue weighted by Gasteiger charge is -2.05. The number of aryl methyl sites for hydroxylation is 1. The minimum absolute atomic E-state index is 0.00448. The Labute approximate surface area is 156 Å². The van der Waals surface area contributed by atoms with Gasteiger partial charge in [-0.15, -0.1) is 0 Å². The van der Waals surface area contributed by atoms with E-state index in [-0.39, 0.29) is 12.3 Å². The Kier molecular flexibility index (Phi) is 6.25. The third kappa shape index (κ3) is 4.82. The van der Waals surface area contributed by atoms with Gasteiger partial charge in [-0.2, -0.15) is 5.10 Å². The number of oxime groups is 1. The Morgan fingerprint density at radius 2 is 2.22 bits per heavy atom. The Hall–Kier alpha value is -1.32. The molecule has 0 aliphatic carbocycles. The van der Waals surface area contributed by atoms with Crippen LogP contribution in [0.25, 0.3) is 0 Å². The zero-order chi connectivity index (χ0) is 17.0. The lowest BCUT2D eigenvalue weighted by molar-refractivity contribution is -0.144. The summed E-state index contributed by atoms with van der Waals surface area (Å²) < 4.78 is 2.77. The molecule has 122 valence electrons. The number of rotatable bonds is 5. The van der Waals surface area contributed by atoms with Crippen molar-refractivity contribution in [1.82, 2.24) is 9.78 Å². The summed E-state index contributed by atoms with van der Waals surface area (Å²) in [5.41, 5.74) is 7.20. The van der Waals surface area contributed by atoms with Crippen LogP contribution in [0, 0.1) is 10.5 Å². The monoisotopic (exact) mass is 466 g/mol. The van der Waals surface area contributed by atoms with Gasteiger partial charge in [0.05, 0.1) is 27.8 Å². The molecule has 0 unspecified atom stereocenters. The highest BCUT2D eigenvalue weighted by Crippen LogP contribution is 2.20. The highest BCUT2D eigenvalue weighted by Gasteiger charge is 2.10. The largest absolute Gasteiger partial charge is 0.380 e. The third-order valence-electron chi connectivity index (χ3n) is 3.02. The van der Waals surface area contributed by atoms with Gasteiger partial charge in [0.2, 0.25) is 0 Å². The van der Waals surface area contributed by atoms with E-state index in [1.807, 2.05) is 6.92 Å². The summed E-state index contributed by atoms with van der Waals surface area (Å²) in [6.45, 7) is 2.34. The highest BCUT2D eigenvalue weighted by molar-refractivity contribution is 14.1. The van der Waals surface area contributed by atoms with Gasteiger partial charge in [0.25, 0.3) is 0 Å². The molecule has 9 heteroatoms. The molecule has 1 aromatic heterocycles. The predicted octanol–water partition coefficient (Wildman–Crippen LogP) is 3.36. The second-order valence-electron chi connectivity index (χ2n) is 4.62. The zero-order valence-electron chi connectivity index (χ0n) is 12.1. The van der Waals surface area contributed by atoms with Gasteiger partial charge in [0.1, 0.15) is 0 Å². The van der Waals surface area contributed by atoms with Gasteiger partial charge in [-0.05, 0) is 47.7 Å². The van der Waals surface area contributed by atoms with E-state index in [0.29, 0.717) is 22.2 Å². The third-order valence-corrected chi connectivity index (χ3v) is 4.63. The van der Waals surface area contributed by atoms with Crippen molar-refractivity contribution in [3.05, 3.63) is 49.3 Å². The van der Waals surface area contributed by atoms with Gasteiger partial charge in [-0.3, -0.25) is 4.68 Å². The molecule has 0 fully saturated rings. The van der Waals surface area contributed by atoms with Gasteiger partial charge in [-0.1, -0.05) is 28.4 Å². The predicted molar refractivity (Wildman–Crippen MR) is 97.6 cm³/mol. The molecular weight excluding hydrogens is 454 g/mol. The van der Waals surface area contributed by atoms with Crippen LogP contribution in [0.4, 0.5) is 0 Å². The minimum Gasteiger partial charge on any atom is -0.380 e. The normalized spacial score (nSPS) is 11.6. The van der Waals surface area contributed by atoms with Crippen LogP contribution >= 0.6 is 45.8 Å². The molecule has 0 aliphatic heterocycles. The first kappa shape index (κ1) is 18.0. The molecule has 2 N–H and O–H groups in total. The van der Waals surface area contributed by atoms with E-state index < -0.39 is 5.97 Å². The molecule has 6 nitrogen and oxygen atoms in total. The van der Waals surface area contributed by atoms with Crippen LogP contribution in [0.1, 0.15) is 17.7 Å². The van der Waals surface area contributed by atoms with Gasteiger partial charge < -0.3 is 10.6 Å². The number of hydrogen-bond donors (Lipinski definition) is 1. The van der Waals surface area contributed by atoms with Crippen molar-refractivity contribution in [2.24, 2.45) is 10.9 Å². The first-order valence-corrected chi connectivity index (χ1v) is 8.38. The average molecular weight is 467 g/mol. The van der Waals surface area contributed by atoms with Crippen molar-refractivity contribution in [3.8, 4) is 0 Å². The molecule has 0 saturated heterocycles. The highest BCUT2D eigenvalue weighted by atomic mass is 127. The first-order chi connectivity index (χ1) is 10.9. The summed E-state index contributed by atoms with van der Waals surface area (Å²) in [4.78, 5) is 16.5. The number of carbonyl (C=O) groups is 1. The summed E-state index contributed by atoms with van der Waals surface area (Å²) in [5, 5.41) is 8.58. The van der Waals surface area contributed by atoms with E-state index in [1.54, 1.807) is 23.0 Å². The lowest BCUT2D eigenvalue weighted by atomic mass is 10.2. The van der Waals surface area contributed by atoms with Gasteiger partial charge in [0, 0.05) is 16.3 Å². The standard InChI is InChI=1S/C14H13Cl2IN4O2/c1-8-12(17)7-19-21(8)5-4-13(22)23-20-14(18)10-3-2-9(15)6-11(10)16/h2-3,6-7H,4-5H2,1H3,(H2,18,20). The van der Waals surface area contributed by atoms with Crippen LogP contribution < -0.4 is 5.73 Å². The number of nitrogens with two attached hydrogens (primary N) is 1. The second-order valence-corrected chi connectivity index (χ2v) is 6.62. The first-order valence-electron chi connectivity index (χ1n) is 6.55. The van der Waals surface area contributed by atoms with E-state index in [2.05, 4.69) is 32.8 Å². The molecule has 0 amide bonds. The topological polar surface area (TPSA) is 82.5 Å². The summed E-state index contributed by atoms with van der Waals surface area (Å²) in [7, 11) is 0. The van der Waals surface area contributed by atoms with E-state index in [1.165, 1.54) is 6.07 Å². The number of carbonyl (C=O) groups excluding carboxylic acids is 1. The van der Waals surface area contributed by atoms with E-state index in [0.717, 1.165) is 9.26 Å². The maximum Gasteiger partial charge on any atom is 0.336 e. The van der Waals surface area contributed by atoms with Crippen molar-refractivity contribution in [2.75, 3.05) is 0 Å². The molecule has 2 rings (SSSR count). The summed E-state index contributed by atoms with van der Waals surface area (Å²) in [5.74, 6) is -0.507. The molecule has 23 heavy (non-hydrogen) atoms. The molecule has 0 atom stereocenters.